The third-order valence-corrected chi connectivity index (χ3v) is 6.44. The van der Waals surface area contributed by atoms with E-state index in [0.717, 1.165) is 43.6 Å². The van der Waals surface area contributed by atoms with Crippen LogP contribution in [-0.4, -0.2) is 49.1 Å². The van der Waals surface area contributed by atoms with Gasteiger partial charge in [-0.25, -0.2) is 9.78 Å². The van der Waals surface area contributed by atoms with Crippen LogP contribution < -0.4 is 15.5 Å². The van der Waals surface area contributed by atoms with Crippen molar-refractivity contribution in [1.82, 2.24) is 15.2 Å². The van der Waals surface area contributed by atoms with Gasteiger partial charge < -0.3 is 20.4 Å². The van der Waals surface area contributed by atoms with Crippen molar-refractivity contribution < 1.29 is 4.79 Å². The minimum absolute atomic E-state index is 0.179. The van der Waals surface area contributed by atoms with Crippen molar-refractivity contribution >= 4 is 17.5 Å². The van der Waals surface area contributed by atoms with Crippen LogP contribution in [0.5, 0.6) is 0 Å². The number of hydrogen-bond acceptors (Lipinski definition) is 4. The molecule has 1 fully saturated rings. The molecule has 1 aromatic heterocycles. The molecule has 2 amide bonds. The van der Waals surface area contributed by atoms with E-state index in [0.29, 0.717) is 6.54 Å². The Morgan fingerprint density at radius 2 is 1.68 bits per heavy atom. The van der Waals surface area contributed by atoms with Gasteiger partial charge >= 0.3 is 6.03 Å². The monoisotopic (exact) mass is 457 g/mol. The Balaban J connectivity index is 1.16. The van der Waals surface area contributed by atoms with E-state index in [4.69, 9.17) is 0 Å². The number of benzene rings is 2. The second-order valence-electron chi connectivity index (χ2n) is 9.10. The first-order valence-corrected chi connectivity index (χ1v) is 12.2. The largest absolute Gasteiger partial charge is 0.355 e. The highest BCUT2D eigenvalue weighted by Gasteiger charge is 2.19. The zero-order valence-corrected chi connectivity index (χ0v) is 20.0. The summed E-state index contributed by atoms with van der Waals surface area (Å²) >= 11 is 0. The molecule has 0 spiro atoms. The summed E-state index contributed by atoms with van der Waals surface area (Å²) in [7, 11) is 2.00. The molecule has 0 radical (unpaired) electrons. The van der Waals surface area contributed by atoms with Crippen LogP contribution in [0.15, 0.2) is 79.0 Å². The molecule has 0 saturated carbocycles. The zero-order chi connectivity index (χ0) is 23.6. The highest BCUT2D eigenvalue weighted by molar-refractivity contribution is 5.89. The van der Waals surface area contributed by atoms with Crippen LogP contribution in [0.4, 0.5) is 16.3 Å². The van der Waals surface area contributed by atoms with Crippen LogP contribution in [0.25, 0.3) is 0 Å². The third kappa shape index (κ3) is 7.32. The fraction of sp³-hybridized carbons (Fsp3) is 0.357. The van der Waals surface area contributed by atoms with E-state index in [1.54, 1.807) is 6.20 Å². The average molecular weight is 458 g/mol. The fourth-order valence-electron chi connectivity index (χ4n) is 4.51. The summed E-state index contributed by atoms with van der Waals surface area (Å²) in [5, 5.41) is 5.93. The summed E-state index contributed by atoms with van der Waals surface area (Å²) in [4.78, 5) is 21.4. The molecule has 0 atom stereocenters. The number of hydrogen-bond donors (Lipinski definition) is 2. The van der Waals surface area contributed by atoms with Crippen LogP contribution in [0, 0.1) is 5.92 Å². The number of nitrogens with zero attached hydrogens (tertiary/aromatic N) is 3. The van der Waals surface area contributed by atoms with Gasteiger partial charge in [-0.3, -0.25) is 0 Å². The molecule has 0 aliphatic carbocycles. The highest BCUT2D eigenvalue weighted by Crippen LogP contribution is 2.21. The molecule has 2 heterocycles. The maximum Gasteiger partial charge on any atom is 0.319 e. The number of aromatic nitrogens is 1. The molecular formula is C28H35N5O. The summed E-state index contributed by atoms with van der Waals surface area (Å²) in [5.74, 6) is 1.58. The standard InChI is InChI=1S/C28H35N5O/c1-32(22-25-10-6-3-7-11-25)27-21-26(12-15-29-27)31-28(34)30-16-19-33-17-13-24(14-18-33)20-23-8-4-2-5-9-23/h2-12,15,21,24H,13-14,16-20,22H2,1H3,(H2,29,30,31,34). The average Bonchev–Trinajstić information content (AvgIpc) is 2.86. The topological polar surface area (TPSA) is 60.5 Å². The first-order chi connectivity index (χ1) is 16.7. The molecule has 1 saturated heterocycles. The van der Waals surface area contributed by atoms with E-state index in [1.165, 1.54) is 30.4 Å². The van der Waals surface area contributed by atoms with Crippen molar-refractivity contribution in [2.45, 2.75) is 25.8 Å². The molecular weight excluding hydrogens is 422 g/mol. The molecule has 0 unspecified atom stereocenters. The SMILES string of the molecule is CN(Cc1ccccc1)c1cc(NC(=O)NCCN2CCC(Cc3ccccc3)CC2)ccn1. The van der Waals surface area contributed by atoms with E-state index in [2.05, 4.69) is 67.9 Å². The maximum atomic E-state index is 12.4. The van der Waals surface area contributed by atoms with E-state index >= 15 is 0 Å². The van der Waals surface area contributed by atoms with E-state index < -0.39 is 0 Å². The molecule has 34 heavy (non-hydrogen) atoms. The van der Waals surface area contributed by atoms with Crippen molar-refractivity contribution in [2.24, 2.45) is 5.92 Å². The Kier molecular flexibility index (Phi) is 8.52. The minimum atomic E-state index is -0.179. The van der Waals surface area contributed by atoms with Gasteiger partial charge in [0.25, 0.3) is 0 Å². The summed E-state index contributed by atoms with van der Waals surface area (Å²) < 4.78 is 0. The summed E-state index contributed by atoms with van der Waals surface area (Å²) in [6.45, 7) is 4.48. The number of likely N-dealkylation sites (tertiary alicyclic amines) is 1. The lowest BCUT2D eigenvalue weighted by Crippen LogP contribution is -2.40. The number of rotatable bonds is 9. The smallest absolute Gasteiger partial charge is 0.319 e. The van der Waals surface area contributed by atoms with Crippen molar-refractivity contribution in [3.05, 3.63) is 90.1 Å². The van der Waals surface area contributed by atoms with Crippen molar-refractivity contribution in [1.29, 1.82) is 0 Å². The molecule has 3 aromatic rings. The van der Waals surface area contributed by atoms with Gasteiger partial charge in [0.1, 0.15) is 5.82 Å². The molecule has 2 aromatic carbocycles. The predicted molar refractivity (Wildman–Crippen MR) is 139 cm³/mol. The summed E-state index contributed by atoms with van der Waals surface area (Å²) in [5.41, 5.74) is 3.39. The summed E-state index contributed by atoms with van der Waals surface area (Å²) in [6.07, 6.45) is 5.34. The predicted octanol–water partition coefficient (Wildman–Crippen LogP) is 4.79. The first-order valence-electron chi connectivity index (χ1n) is 12.2. The number of anilines is 2. The van der Waals surface area contributed by atoms with E-state index in [-0.39, 0.29) is 6.03 Å². The lowest BCUT2D eigenvalue weighted by atomic mass is 9.90. The second kappa shape index (κ2) is 12.2. The first kappa shape index (κ1) is 23.8. The molecule has 2 N–H and O–H groups in total. The van der Waals surface area contributed by atoms with Crippen molar-refractivity contribution in [2.75, 3.05) is 43.4 Å². The molecule has 0 bridgehead atoms. The van der Waals surface area contributed by atoms with Gasteiger partial charge in [0.15, 0.2) is 0 Å². The van der Waals surface area contributed by atoms with Gasteiger partial charge in [-0.2, -0.15) is 0 Å². The van der Waals surface area contributed by atoms with Crippen LogP contribution in [0.2, 0.25) is 0 Å². The normalized spacial score (nSPS) is 14.5. The van der Waals surface area contributed by atoms with Crippen LogP contribution >= 0.6 is 0 Å². The molecule has 1 aliphatic heterocycles. The van der Waals surface area contributed by atoms with E-state index in [1.807, 2.05) is 37.4 Å². The Labute approximate surface area is 203 Å². The van der Waals surface area contributed by atoms with Gasteiger partial charge in [-0.1, -0.05) is 60.7 Å². The number of carbonyl (C=O) groups is 1. The molecule has 178 valence electrons. The van der Waals surface area contributed by atoms with Crippen molar-refractivity contribution in [3.8, 4) is 0 Å². The summed E-state index contributed by atoms with van der Waals surface area (Å²) in [6, 6.07) is 24.6. The van der Waals surface area contributed by atoms with Gasteiger partial charge in [-0.15, -0.1) is 0 Å². The lowest BCUT2D eigenvalue weighted by molar-refractivity contribution is 0.184. The quantitative estimate of drug-likeness (QED) is 0.485. The second-order valence-corrected chi connectivity index (χ2v) is 9.10. The number of carbonyl (C=O) groups excluding carboxylic acids is 1. The van der Waals surface area contributed by atoms with Gasteiger partial charge in [0.2, 0.25) is 0 Å². The number of urea groups is 1. The number of amides is 2. The number of piperidine rings is 1. The maximum absolute atomic E-state index is 12.4. The molecule has 1 aliphatic rings. The Bertz CT molecular complexity index is 1020. The van der Waals surface area contributed by atoms with Gasteiger partial charge in [-0.05, 0) is 55.5 Å². The van der Waals surface area contributed by atoms with Crippen LogP contribution in [0.1, 0.15) is 24.0 Å². The molecule has 6 nitrogen and oxygen atoms in total. The Morgan fingerprint density at radius 1 is 1.00 bits per heavy atom. The Hall–Kier alpha value is -3.38. The minimum Gasteiger partial charge on any atom is -0.355 e. The van der Waals surface area contributed by atoms with E-state index in [9.17, 15) is 4.79 Å². The Morgan fingerprint density at radius 3 is 2.38 bits per heavy atom. The number of nitrogens with one attached hydrogen (secondary N) is 2. The van der Waals surface area contributed by atoms with Gasteiger partial charge in [0.05, 0.1) is 0 Å². The number of pyridine rings is 1. The fourth-order valence-corrected chi connectivity index (χ4v) is 4.51. The zero-order valence-electron chi connectivity index (χ0n) is 20.0. The van der Waals surface area contributed by atoms with Gasteiger partial charge in [0, 0.05) is 44.6 Å². The third-order valence-electron chi connectivity index (χ3n) is 6.44. The highest BCUT2D eigenvalue weighted by atomic mass is 16.2. The van der Waals surface area contributed by atoms with Crippen molar-refractivity contribution in [3.63, 3.8) is 0 Å². The molecule has 6 heteroatoms. The van der Waals surface area contributed by atoms with Crippen LogP contribution in [-0.2, 0) is 13.0 Å². The lowest BCUT2D eigenvalue weighted by Gasteiger charge is -2.32. The van der Waals surface area contributed by atoms with Crippen LogP contribution in [0.3, 0.4) is 0 Å². The molecule has 4 rings (SSSR count).